The van der Waals surface area contributed by atoms with Crippen molar-refractivity contribution in [1.82, 2.24) is 5.43 Å². The minimum Gasteiger partial charge on any atom is -0.326 e. The summed E-state index contributed by atoms with van der Waals surface area (Å²) in [5, 5.41) is 6.42. The molecule has 148 valence electrons. The molecule has 0 aromatic heterocycles. The molecule has 0 radical (unpaired) electrons. The number of rotatable bonds is 7. The molecule has 0 unspecified atom stereocenters. The van der Waals surface area contributed by atoms with Crippen molar-refractivity contribution in [2.45, 2.75) is 25.4 Å². The Morgan fingerprint density at radius 3 is 2.18 bits per heavy atom. The van der Waals surface area contributed by atoms with E-state index in [1.54, 1.807) is 24.3 Å². The van der Waals surface area contributed by atoms with E-state index in [1.165, 1.54) is 18.3 Å². The average molecular weight is 456 g/mol. The second-order valence-corrected chi connectivity index (χ2v) is 6.74. The van der Waals surface area contributed by atoms with Gasteiger partial charge in [0.25, 0.3) is 0 Å². The van der Waals surface area contributed by atoms with Gasteiger partial charge in [0.2, 0.25) is 11.8 Å². The topological polar surface area (TPSA) is 70.6 Å². The van der Waals surface area contributed by atoms with Crippen LogP contribution >= 0.6 is 15.9 Å². The summed E-state index contributed by atoms with van der Waals surface area (Å²) in [6.45, 7) is 0. The van der Waals surface area contributed by atoms with Gasteiger partial charge in [0.1, 0.15) is 0 Å². The minimum atomic E-state index is -4.40. The van der Waals surface area contributed by atoms with Crippen LogP contribution in [-0.4, -0.2) is 18.0 Å². The van der Waals surface area contributed by atoms with E-state index in [0.717, 1.165) is 16.6 Å². The Bertz CT molecular complexity index is 835. The van der Waals surface area contributed by atoms with Gasteiger partial charge in [-0.25, -0.2) is 5.43 Å². The van der Waals surface area contributed by atoms with Gasteiger partial charge in [-0.3, -0.25) is 9.59 Å². The molecule has 2 amide bonds. The van der Waals surface area contributed by atoms with E-state index in [2.05, 4.69) is 31.8 Å². The van der Waals surface area contributed by atoms with Gasteiger partial charge in [-0.15, -0.1) is 0 Å². The highest BCUT2D eigenvalue weighted by molar-refractivity contribution is 9.10. The van der Waals surface area contributed by atoms with Gasteiger partial charge in [-0.05, 0) is 48.4 Å². The minimum absolute atomic E-state index is 0.0953. The van der Waals surface area contributed by atoms with Crippen molar-refractivity contribution < 1.29 is 22.8 Å². The van der Waals surface area contributed by atoms with E-state index in [1.807, 2.05) is 0 Å². The summed E-state index contributed by atoms with van der Waals surface area (Å²) in [5.41, 5.74) is 2.61. The standard InChI is InChI=1S/C19H17BrF3N3O2/c20-15-8-10-16(11-9-15)25-17(27)2-1-3-18(28)26-24-12-13-4-6-14(7-5-13)19(21,22)23/h4-12H,1-3H2,(H,25,27)(H,26,28)/b24-12-. The van der Waals surface area contributed by atoms with E-state index < -0.39 is 11.7 Å². The third-order valence-electron chi connectivity index (χ3n) is 3.58. The molecule has 28 heavy (non-hydrogen) atoms. The zero-order valence-corrected chi connectivity index (χ0v) is 16.2. The lowest BCUT2D eigenvalue weighted by atomic mass is 10.1. The van der Waals surface area contributed by atoms with E-state index in [4.69, 9.17) is 0 Å². The molecule has 0 spiro atoms. The zero-order valence-electron chi connectivity index (χ0n) is 14.6. The first-order valence-electron chi connectivity index (χ1n) is 8.28. The molecule has 2 N–H and O–H groups in total. The maximum absolute atomic E-state index is 12.5. The van der Waals surface area contributed by atoms with Crippen molar-refractivity contribution in [2.75, 3.05) is 5.32 Å². The van der Waals surface area contributed by atoms with E-state index in [-0.39, 0.29) is 24.7 Å². The maximum Gasteiger partial charge on any atom is 0.416 e. The van der Waals surface area contributed by atoms with Crippen molar-refractivity contribution >= 4 is 39.6 Å². The van der Waals surface area contributed by atoms with Crippen molar-refractivity contribution in [1.29, 1.82) is 0 Å². The number of hydrazone groups is 1. The lowest BCUT2D eigenvalue weighted by Gasteiger charge is -2.06. The van der Waals surface area contributed by atoms with Crippen LogP contribution in [0.15, 0.2) is 58.1 Å². The van der Waals surface area contributed by atoms with Crippen LogP contribution in [0.3, 0.4) is 0 Å². The molecule has 0 bridgehead atoms. The quantitative estimate of drug-likeness (QED) is 0.468. The van der Waals surface area contributed by atoms with Gasteiger partial charge >= 0.3 is 6.18 Å². The first kappa shape index (κ1) is 21.6. The summed E-state index contributed by atoms with van der Waals surface area (Å²) in [6, 6.07) is 11.5. The molecule has 2 aromatic carbocycles. The summed E-state index contributed by atoms with van der Waals surface area (Å²) in [6.07, 6.45) is -2.54. The second-order valence-electron chi connectivity index (χ2n) is 5.82. The Morgan fingerprint density at radius 1 is 0.964 bits per heavy atom. The van der Waals surface area contributed by atoms with Crippen LogP contribution < -0.4 is 10.7 Å². The molecule has 9 heteroatoms. The summed E-state index contributed by atoms with van der Waals surface area (Å²) in [5.74, 6) is -0.594. The Balaban J connectivity index is 1.68. The Kier molecular flexibility index (Phi) is 7.74. The number of carbonyl (C=O) groups is 2. The maximum atomic E-state index is 12.5. The smallest absolute Gasteiger partial charge is 0.326 e. The van der Waals surface area contributed by atoms with Crippen LogP contribution in [0.4, 0.5) is 18.9 Å². The van der Waals surface area contributed by atoms with Gasteiger partial charge in [-0.1, -0.05) is 28.1 Å². The van der Waals surface area contributed by atoms with Crippen molar-refractivity contribution in [3.05, 3.63) is 64.1 Å². The highest BCUT2D eigenvalue weighted by atomic mass is 79.9. The van der Waals surface area contributed by atoms with E-state index in [0.29, 0.717) is 17.7 Å². The fraction of sp³-hybridized carbons (Fsp3) is 0.211. The molecule has 0 heterocycles. The average Bonchev–Trinajstić information content (AvgIpc) is 2.63. The molecule has 0 atom stereocenters. The number of nitrogens with one attached hydrogen (secondary N) is 2. The fourth-order valence-electron chi connectivity index (χ4n) is 2.16. The lowest BCUT2D eigenvalue weighted by molar-refractivity contribution is -0.137. The third-order valence-corrected chi connectivity index (χ3v) is 4.11. The molecule has 2 aromatic rings. The van der Waals surface area contributed by atoms with E-state index in [9.17, 15) is 22.8 Å². The zero-order chi connectivity index (χ0) is 20.6. The number of nitrogens with zero attached hydrogens (tertiary/aromatic N) is 1. The first-order valence-corrected chi connectivity index (χ1v) is 9.08. The van der Waals surface area contributed by atoms with Crippen LogP contribution in [0.25, 0.3) is 0 Å². The van der Waals surface area contributed by atoms with Gasteiger partial charge in [0.05, 0.1) is 11.8 Å². The molecule has 5 nitrogen and oxygen atoms in total. The predicted octanol–water partition coefficient (Wildman–Crippen LogP) is 4.73. The van der Waals surface area contributed by atoms with Gasteiger partial charge in [0.15, 0.2) is 0 Å². The number of halogens is 4. The Labute approximate surface area is 168 Å². The van der Waals surface area contributed by atoms with Gasteiger partial charge in [0, 0.05) is 23.0 Å². The number of anilines is 1. The highest BCUT2D eigenvalue weighted by Gasteiger charge is 2.29. The summed E-state index contributed by atoms with van der Waals surface area (Å²) in [4.78, 5) is 23.5. The molecule has 0 aliphatic carbocycles. The van der Waals surface area contributed by atoms with Crippen molar-refractivity contribution in [2.24, 2.45) is 5.10 Å². The second kappa shape index (κ2) is 10.0. The Morgan fingerprint density at radius 2 is 1.57 bits per heavy atom. The largest absolute Gasteiger partial charge is 0.416 e. The van der Waals surface area contributed by atoms with Gasteiger partial charge in [-0.2, -0.15) is 18.3 Å². The molecule has 0 saturated heterocycles. The molecule has 0 aliphatic rings. The summed E-state index contributed by atoms with van der Waals surface area (Å²) in [7, 11) is 0. The Hall–Kier alpha value is -2.68. The van der Waals surface area contributed by atoms with Crippen LogP contribution in [0.1, 0.15) is 30.4 Å². The number of amides is 2. The fourth-order valence-corrected chi connectivity index (χ4v) is 2.42. The number of hydrogen-bond donors (Lipinski definition) is 2. The third kappa shape index (κ3) is 7.51. The summed E-state index contributed by atoms with van der Waals surface area (Å²) < 4.78 is 38.3. The molecule has 0 aliphatic heterocycles. The first-order chi connectivity index (χ1) is 13.2. The number of carbonyl (C=O) groups excluding carboxylic acids is 2. The molecule has 0 fully saturated rings. The molecular formula is C19H17BrF3N3O2. The van der Waals surface area contributed by atoms with Crippen LogP contribution in [0, 0.1) is 0 Å². The monoisotopic (exact) mass is 455 g/mol. The molecule has 0 saturated carbocycles. The van der Waals surface area contributed by atoms with Crippen LogP contribution in [-0.2, 0) is 15.8 Å². The van der Waals surface area contributed by atoms with Crippen molar-refractivity contribution in [3.63, 3.8) is 0 Å². The van der Waals surface area contributed by atoms with Crippen LogP contribution in [0.2, 0.25) is 0 Å². The summed E-state index contributed by atoms with van der Waals surface area (Å²) >= 11 is 3.30. The normalized spacial score (nSPS) is 11.4. The number of benzene rings is 2. The molecule has 2 rings (SSSR count). The van der Waals surface area contributed by atoms with Crippen LogP contribution in [0.5, 0.6) is 0 Å². The number of hydrogen-bond acceptors (Lipinski definition) is 3. The molecular weight excluding hydrogens is 439 g/mol. The van der Waals surface area contributed by atoms with Crippen molar-refractivity contribution in [3.8, 4) is 0 Å². The predicted molar refractivity (Wildman–Crippen MR) is 104 cm³/mol. The SMILES string of the molecule is O=C(CCCC(=O)Nc1ccc(Br)cc1)N/N=C\c1ccc(C(F)(F)F)cc1. The van der Waals surface area contributed by atoms with E-state index >= 15 is 0 Å². The number of alkyl halides is 3. The lowest BCUT2D eigenvalue weighted by Crippen LogP contribution is -2.18. The highest BCUT2D eigenvalue weighted by Crippen LogP contribution is 2.28. The van der Waals surface area contributed by atoms with Gasteiger partial charge < -0.3 is 5.32 Å².